The number of benzene rings is 1. The standard InChI is InChI=1S/C15H11F2N3S/c1-9-14(11-6-5-10(16)8-12(11)17)20-15(21-9)19-13-4-2-3-7-18-13/h2-8H,1H3,(H,18,19,20). The number of aryl methyl sites for hydroxylation is 1. The highest BCUT2D eigenvalue weighted by atomic mass is 32.1. The first-order valence-electron chi connectivity index (χ1n) is 6.24. The Labute approximate surface area is 124 Å². The number of nitrogens with one attached hydrogen (secondary N) is 1. The third-order valence-corrected chi connectivity index (χ3v) is 3.77. The van der Waals surface area contributed by atoms with E-state index in [9.17, 15) is 8.78 Å². The van der Waals surface area contributed by atoms with Gasteiger partial charge in [-0.1, -0.05) is 6.07 Å². The van der Waals surface area contributed by atoms with Crippen molar-refractivity contribution in [1.29, 1.82) is 0 Å². The highest BCUT2D eigenvalue weighted by Gasteiger charge is 2.14. The lowest BCUT2D eigenvalue weighted by Crippen LogP contribution is -1.92. The van der Waals surface area contributed by atoms with Crippen molar-refractivity contribution in [3.05, 3.63) is 59.1 Å². The highest BCUT2D eigenvalue weighted by Crippen LogP contribution is 2.33. The molecule has 3 rings (SSSR count). The Hall–Kier alpha value is -2.34. The summed E-state index contributed by atoms with van der Waals surface area (Å²) in [5.74, 6) is -0.555. The quantitative estimate of drug-likeness (QED) is 0.772. The number of anilines is 2. The van der Waals surface area contributed by atoms with Gasteiger partial charge in [0.15, 0.2) is 5.13 Å². The SMILES string of the molecule is Cc1sc(Nc2ccccn2)nc1-c1ccc(F)cc1F. The molecule has 0 aliphatic rings. The van der Waals surface area contributed by atoms with E-state index in [1.54, 1.807) is 6.20 Å². The van der Waals surface area contributed by atoms with Gasteiger partial charge in [-0.3, -0.25) is 0 Å². The number of thiazole rings is 1. The van der Waals surface area contributed by atoms with Crippen LogP contribution >= 0.6 is 11.3 Å². The van der Waals surface area contributed by atoms with Crippen molar-refractivity contribution in [2.75, 3.05) is 5.32 Å². The third-order valence-electron chi connectivity index (χ3n) is 2.88. The number of aromatic nitrogens is 2. The molecule has 0 aliphatic carbocycles. The maximum absolute atomic E-state index is 13.8. The van der Waals surface area contributed by atoms with Crippen LogP contribution in [0.5, 0.6) is 0 Å². The van der Waals surface area contributed by atoms with Crippen molar-refractivity contribution < 1.29 is 8.78 Å². The Morgan fingerprint density at radius 1 is 1.14 bits per heavy atom. The number of pyridine rings is 1. The molecule has 0 amide bonds. The molecule has 2 aromatic heterocycles. The minimum absolute atomic E-state index is 0.291. The third kappa shape index (κ3) is 2.90. The van der Waals surface area contributed by atoms with E-state index in [4.69, 9.17) is 0 Å². The van der Waals surface area contributed by atoms with E-state index in [1.165, 1.54) is 23.5 Å². The van der Waals surface area contributed by atoms with Crippen LogP contribution < -0.4 is 5.32 Å². The topological polar surface area (TPSA) is 37.8 Å². The van der Waals surface area contributed by atoms with Crippen LogP contribution in [-0.2, 0) is 0 Å². The van der Waals surface area contributed by atoms with Gasteiger partial charge in [-0.25, -0.2) is 18.7 Å². The second-order valence-electron chi connectivity index (χ2n) is 4.39. The van der Waals surface area contributed by atoms with E-state index in [-0.39, 0.29) is 0 Å². The molecule has 1 aromatic carbocycles. The van der Waals surface area contributed by atoms with Crippen LogP contribution in [0, 0.1) is 18.6 Å². The van der Waals surface area contributed by atoms with Gasteiger partial charge in [0.1, 0.15) is 17.5 Å². The van der Waals surface area contributed by atoms with Gasteiger partial charge in [0.2, 0.25) is 0 Å². The number of hydrogen-bond acceptors (Lipinski definition) is 4. The fourth-order valence-corrected chi connectivity index (χ4v) is 2.76. The molecule has 3 nitrogen and oxygen atoms in total. The van der Waals surface area contributed by atoms with Crippen molar-refractivity contribution >= 4 is 22.3 Å². The maximum Gasteiger partial charge on any atom is 0.189 e. The van der Waals surface area contributed by atoms with Crippen LogP contribution in [0.4, 0.5) is 19.7 Å². The Bertz CT molecular complexity index is 772. The summed E-state index contributed by atoms with van der Waals surface area (Å²) in [4.78, 5) is 9.36. The second kappa shape index (κ2) is 5.57. The van der Waals surface area contributed by atoms with E-state index >= 15 is 0 Å². The normalized spacial score (nSPS) is 10.6. The average molecular weight is 303 g/mol. The average Bonchev–Trinajstić information content (AvgIpc) is 2.80. The zero-order valence-corrected chi connectivity index (χ0v) is 11.9. The Morgan fingerprint density at radius 2 is 2.00 bits per heavy atom. The van der Waals surface area contributed by atoms with E-state index < -0.39 is 11.6 Å². The Morgan fingerprint density at radius 3 is 2.71 bits per heavy atom. The molecule has 1 N–H and O–H groups in total. The predicted octanol–water partition coefficient (Wildman–Crippen LogP) is 4.54. The molecule has 0 saturated carbocycles. The molecule has 0 fully saturated rings. The van der Waals surface area contributed by atoms with E-state index in [0.717, 1.165) is 10.9 Å². The Balaban J connectivity index is 1.94. The van der Waals surface area contributed by atoms with Gasteiger partial charge in [-0.15, -0.1) is 11.3 Å². The van der Waals surface area contributed by atoms with Gasteiger partial charge in [0.25, 0.3) is 0 Å². The molecular weight excluding hydrogens is 292 g/mol. The first kappa shape index (κ1) is 13.6. The van der Waals surface area contributed by atoms with Gasteiger partial charge in [0.05, 0.1) is 5.69 Å². The minimum atomic E-state index is -0.618. The smallest absolute Gasteiger partial charge is 0.189 e. The van der Waals surface area contributed by atoms with E-state index in [1.807, 2.05) is 25.1 Å². The molecule has 0 atom stereocenters. The van der Waals surface area contributed by atoms with Gasteiger partial charge < -0.3 is 5.32 Å². The van der Waals surface area contributed by atoms with Crippen LogP contribution in [0.1, 0.15) is 4.88 Å². The summed E-state index contributed by atoms with van der Waals surface area (Å²) in [5.41, 5.74) is 0.801. The largest absolute Gasteiger partial charge is 0.316 e. The first-order valence-corrected chi connectivity index (χ1v) is 7.06. The lowest BCUT2D eigenvalue weighted by Gasteiger charge is -2.01. The fourth-order valence-electron chi connectivity index (χ4n) is 1.93. The van der Waals surface area contributed by atoms with Crippen molar-refractivity contribution in [3.8, 4) is 11.3 Å². The predicted molar refractivity (Wildman–Crippen MR) is 79.7 cm³/mol. The zero-order chi connectivity index (χ0) is 14.8. The molecule has 6 heteroatoms. The molecular formula is C15H11F2N3S. The van der Waals surface area contributed by atoms with Crippen molar-refractivity contribution in [2.24, 2.45) is 0 Å². The molecule has 0 radical (unpaired) electrons. The monoisotopic (exact) mass is 303 g/mol. The summed E-state index contributed by atoms with van der Waals surface area (Å²) in [6.07, 6.45) is 1.67. The van der Waals surface area contributed by atoms with Crippen LogP contribution in [-0.4, -0.2) is 9.97 Å². The molecule has 0 unspecified atom stereocenters. The molecule has 21 heavy (non-hydrogen) atoms. The van der Waals surface area contributed by atoms with Crippen LogP contribution in [0.3, 0.4) is 0 Å². The lowest BCUT2D eigenvalue weighted by molar-refractivity contribution is 0.585. The number of nitrogens with zero attached hydrogens (tertiary/aromatic N) is 2. The number of hydrogen-bond donors (Lipinski definition) is 1. The van der Waals surface area contributed by atoms with Crippen LogP contribution in [0.25, 0.3) is 11.3 Å². The molecule has 0 bridgehead atoms. The first-order chi connectivity index (χ1) is 10.1. The summed E-state index contributed by atoms with van der Waals surface area (Å²) >= 11 is 1.39. The van der Waals surface area contributed by atoms with E-state index in [2.05, 4.69) is 15.3 Å². The molecule has 2 heterocycles. The molecule has 3 aromatic rings. The number of halogens is 2. The second-order valence-corrected chi connectivity index (χ2v) is 5.59. The van der Waals surface area contributed by atoms with Crippen LogP contribution in [0.15, 0.2) is 42.6 Å². The minimum Gasteiger partial charge on any atom is -0.316 e. The molecule has 0 aliphatic heterocycles. The molecule has 0 saturated heterocycles. The Kier molecular flexibility index (Phi) is 3.62. The van der Waals surface area contributed by atoms with Gasteiger partial charge in [-0.2, -0.15) is 0 Å². The molecule has 0 spiro atoms. The molecule has 106 valence electrons. The fraction of sp³-hybridized carbons (Fsp3) is 0.0667. The van der Waals surface area contributed by atoms with Crippen molar-refractivity contribution in [3.63, 3.8) is 0 Å². The van der Waals surface area contributed by atoms with Gasteiger partial charge in [-0.05, 0) is 31.2 Å². The summed E-state index contributed by atoms with van der Waals surface area (Å²) in [6, 6.07) is 8.98. The van der Waals surface area contributed by atoms with Gasteiger partial charge in [0, 0.05) is 22.7 Å². The van der Waals surface area contributed by atoms with E-state index in [0.29, 0.717) is 22.2 Å². The summed E-state index contributed by atoms with van der Waals surface area (Å²) in [6.45, 7) is 1.85. The lowest BCUT2D eigenvalue weighted by atomic mass is 10.1. The summed E-state index contributed by atoms with van der Waals surface area (Å²) in [7, 11) is 0. The highest BCUT2D eigenvalue weighted by molar-refractivity contribution is 7.16. The summed E-state index contributed by atoms with van der Waals surface area (Å²) < 4.78 is 26.8. The van der Waals surface area contributed by atoms with Crippen molar-refractivity contribution in [2.45, 2.75) is 6.92 Å². The summed E-state index contributed by atoms with van der Waals surface area (Å²) in [5, 5.41) is 3.68. The van der Waals surface area contributed by atoms with Crippen molar-refractivity contribution in [1.82, 2.24) is 9.97 Å². The van der Waals surface area contributed by atoms with Crippen LogP contribution in [0.2, 0.25) is 0 Å². The van der Waals surface area contributed by atoms with Gasteiger partial charge >= 0.3 is 0 Å². The zero-order valence-electron chi connectivity index (χ0n) is 11.1. The number of rotatable bonds is 3. The maximum atomic E-state index is 13.8.